The number of hydrogen-bond donors (Lipinski definition) is 1. The van der Waals surface area contributed by atoms with Crippen LogP contribution in [0.15, 0.2) is 28.4 Å². The molecule has 1 fully saturated rings. The Balaban J connectivity index is 1.69. The molecule has 10 heteroatoms. The number of pyridine rings is 1. The Hall–Kier alpha value is -1.65. The van der Waals surface area contributed by atoms with Crippen LogP contribution in [-0.4, -0.2) is 58.1 Å². The van der Waals surface area contributed by atoms with E-state index in [0.29, 0.717) is 23.9 Å². The average molecular weight is 440 g/mol. The number of amides is 1. The molecule has 0 aromatic carbocycles. The molecule has 8 nitrogen and oxygen atoms in total. The van der Waals surface area contributed by atoms with Gasteiger partial charge >= 0.3 is 0 Å². The Morgan fingerprint density at radius 3 is 2.55 bits per heavy atom. The van der Waals surface area contributed by atoms with Crippen molar-refractivity contribution in [2.45, 2.75) is 62.5 Å². The van der Waals surface area contributed by atoms with Crippen molar-refractivity contribution in [3.63, 3.8) is 0 Å². The summed E-state index contributed by atoms with van der Waals surface area (Å²) < 4.78 is 28.6. The lowest BCUT2D eigenvalue weighted by Gasteiger charge is -2.26. The van der Waals surface area contributed by atoms with E-state index in [1.807, 2.05) is 13.8 Å². The zero-order valence-corrected chi connectivity index (χ0v) is 18.8. The van der Waals surface area contributed by atoms with Gasteiger partial charge in [-0.2, -0.15) is 4.31 Å². The lowest BCUT2D eigenvalue weighted by atomic mass is 9.87. The molecule has 1 aliphatic rings. The lowest BCUT2D eigenvalue weighted by Crippen LogP contribution is -2.38. The molecule has 2 aromatic rings. The molecule has 1 amide bonds. The number of nitrogens with one attached hydrogen (secondary N) is 1. The Morgan fingerprint density at radius 2 is 1.90 bits per heavy atom. The Kier molecular flexibility index (Phi) is 7.18. The highest BCUT2D eigenvalue weighted by Gasteiger charge is 2.23. The molecular weight excluding hydrogens is 410 g/mol. The highest BCUT2D eigenvalue weighted by molar-refractivity contribution is 7.99. The minimum absolute atomic E-state index is 0.0294. The van der Waals surface area contributed by atoms with Gasteiger partial charge in [-0.1, -0.05) is 32.5 Å². The standard InChI is InChI=1S/C19H29N5O3S2/c1-4-23(5-2)29(26,27)16-10-11-17-21-22-19(24(17)12-16)28-13-18(25)20-15-8-6-14(3)7-9-15/h10-12,14-15H,4-9,13H2,1-3H3,(H,20,25). The molecular formula is C19H29N5O3S2. The van der Waals surface area contributed by atoms with Gasteiger partial charge in [-0.25, -0.2) is 8.42 Å². The molecule has 1 N–H and O–H groups in total. The molecule has 0 bridgehead atoms. The van der Waals surface area contributed by atoms with E-state index in [0.717, 1.165) is 31.6 Å². The van der Waals surface area contributed by atoms with Gasteiger partial charge in [-0.3, -0.25) is 9.20 Å². The summed E-state index contributed by atoms with van der Waals surface area (Å²) in [5.41, 5.74) is 0.549. The summed E-state index contributed by atoms with van der Waals surface area (Å²) in [6.45, 7) is 6.68. The van der Waals surface area contributed by atoms with Crippen LogP contribution < -0.4 is 5.32 Å². The van der Waals surface area contributed by atoms with E-state index < -0.39 is 10.0 Å². The predicted molar refractivity (Wildman–Crippen MR) is 113 cm³/mol. The normalized spacial score (nSPS) is 20.3. The summed E-state index contributed by atoms with van der Waals surface area (Å²) in [5.74, 6) is 0.930. The third-order valence-corrected chi connectivity index (χ3v) is 8.38. The van der Waals surface area contributed by atoms with E-state index in [9.17, 15) is 13.2 Å². The smallest absolute Gasteiger partial charge is 0.244 e. The van der Waals surface area contributed by atoms with Gasteiger partial charge in [-0.05, 0) is 43.7 Å². The quantitative estimate of drug-likeness (QED) is 0.635. The maximum absolute atomic E-state index is 12.8. The molecule has 0 saturated heterocycles. The molecule has 0 atom stereocenters. The summed E-state index contributed by atoms with van der Waals surface area (Å²) in [5, 5.41) is 11.8. The van der Waals surface area contributed by atoms with Gasteiger partial charge in [-0.15, -0.1) is 10.2 Å². The van der Waals surface area contributed by atoms with Crippen LogP contribution >= 0.6 is 11.8 Å². The zero-order chi connectivity index (χ0) is 21.0. The van der Waals surface area contributed by atoms with Crippen molar-refractivity contribution >= 4 is 33.3 Å². The minimum atomic E-state index is -3.57. The maximum atomic E-state index is 12.8. The van der Waals surface area contributed by atoms with Crippen LogP contribution in [0.5, 0.6) is 0 Å². The van der Waals surface area contributed by atoms with Crippen LogP contribution in [0, 0.1) is 5.92 Å². The summed E-state index contributed by atoms with van der Waals surface area (Å²) in [6, 6.07) is 3.43. The third-order valence-electron chi connectivity index (χ3n) is 5.40. The average Bonchev–Trinajstić information content (AvgIpc) is 3.11. The predicted octanol–water partition coefficient (Wildman–Crippen LogP) is 2.55. The monoisotopic (exact) mass is 439 g/mol. The molecule has 0 aliphatic heterocycles. The molecule has 3 rings (SSSR count). The Morgan fingerprint density at radius 1 is 1.21 bits per heavy atom. The van der Waals surface area contributed by atoms with Gasteiger partial charge in [0, 0.05) is 25.3 Å². The zero-order valence-electron chi connectivity index (χ0n) is 17.2. The second-order valence-corrected chi connectivity index (χ2v) is 10.4. The van der Waals surface area contributed by atoms with E-state index >= 15 is 0 Å². The Labute approximate surface area is 176 Å². The number of fused-ring (bicyclic) bond motifs is 1. The van der Waals surface area contributed by atoms with Crippen LogP contribution in [0.3, 0.4) is 0 Å². The first-order valence-electron chi connectivity index (χ1n) is 10.1. The van der Waals surface area contributed by atoms with Crippen molar-refractivity contribution in [1.82, 2.24) is 24.2 Å². The molecule has 1 saturated carbocycles. The number of hydrogen-bond acceptors (Lipinski definition) is 6. The topological polar surface area (TPSA) is 96.7 Å². The van der Waals surface area contributed by atoms with Gasteiger partial charge in [0.15, 0.2) is 10.8 Å². The van der Waals surface area contributed by atoms with Crippen LogP contribution in [-0.2, 0) is 14.8 Å². The van der Waals surface area contributed by atoms with Crippen molar-refractivity contribution in [1.29, 1.82) is 0 Å². The van der Waals surface area contributed by atoms with E-state index in [-0.39, 0.29) is 22.6 Å². The first-order valence-corrected chi connectivity index (χ1v) is 12.5. The summed E-state index contributed by atoms with van der Waals surface area (Å²) >= 11 is 1.26. The molecule has 29 heavy (non-hydrogen) atoms. The number of carbonyl (C=O) groups excluding carboxylic acids is 1. The number of carbonyl (C=O) groups is 1. The molecule has 2 aromatic heterocycles. The van der Waals surface area contributed by atoms with Gasteiger partial charge in [0.2, 0.25) is 15.9 Å². The highest BCUT2D eigenvalue weighted by atomic mass is 32.2. The van der Waals surface area contributed by atoms with Crippen molar-refractivity contribution in [2.24, 2.45) is 5.92 Å². The molecule has 0 radical (unpaired) electrons. The van der Waals surface area contributed by atoms with Crippen LogP contribution in [0.4, 0.5) is 0 Å². The van der Waals surface area contributed by atoms with Crippen molar-refractivity contribution in [2.75, 3.05) is 18.8 Å². The van der Waals surface area contributed by atoms with Gasteiger partial charge in [0.05, 0.1) is 10.6 Å². The number of nitrogens with zero attached hydrogens (tertiary/aromatic N) is 4. The van der Waals surface area contributed by atoms with Crippen LogP contribution in [0.25, 0.3) is 5.65 Å². The third kappa shape index (κ3) is 5.10. The number of sulfonamides is 1. The first-order chi connectivity index (χ1) is 13.8. The first kappa shape index (κ1) is 22.0. The van der Waals surface area contributed by atoms with E-state index in [1.165, 1.54) is 22.3 Å². The van der Waals surface area contributed by atoms with Crippen molar-refractivity contribution in [3.8, 4) is 0 Å². The highest BCUT2D eigenvalue weighted by Crippen LogP contribution is 2.24. The van der Waals surface area contributed by atoms with E-state index in [2.05, 4.69) is 22.4 Å². The molecule has 1 aliphatic carbocycles. The molecule has 2 heterocycles. The Bertz CT molecular complexity index is 948. The summed E-state index contributed by atoms with van der Waals surface area (Å²) in [6.07, 6.45) is 5.88. The van der Waals surface area contributed by atoms with Gasteiger partial charge < -0.3 is 5.32 Å². The van der Waals surface area contributed by atoms with E-state index in [4.69, 9.17) is 0 Å². The van der Waals surface area contributed by atoms with Gasteiger partial charge in [0.25, 0.3) is 0 Å². The molecule has 0 unspecified atom stereocenters. The second-order valence-electron chi connectivity index (χ2n) is 7.48. The number of thioether (sulfide) groups is 1. The van der Waals surface area contributed by atoms with Crippen molar-refractivity contribution in [3.05, 3.63) is 18.3 Å². The fourth-order valence-corrected chi connectivity index (χ4v) is 5.80. The largest absolute Gasteiger partial charge is 0.353 e. The van der Waals surface area contributed by atoms with Crippen molar-refractivity contribution < 1.29 is 13.2 Å². The second kappa shape index (κ2) is 9.44. The lowest BCUT2D eigenvalue weighted by molar-refractivity contribution is -0.119. The van der Waals surface area contributed by atoms with Crippen LogP contribution in [0.2, 0.25) is 0 Å². The van der Waals surface area contributed by atoms with E-state index in [1.54, 1.807) is 16.5 Å². The molecule has 160 valence electrons. The SMILES string of the molecule is CCN(CC)S(=O)(=O)c1ccc2nnc(SCC(=O)NC3CCC(C)CC3)n2c1. The summed E-state index contributed by atoms with van der Waals surface area (Å²) in [4.78, 5) is 12.5. The maximum Gasteiger partial charge on any atom is 0.244 e. The molecule has 0 spiro atoms. The fourth-order valence-electron chi connectivity index (χ4n) is 3.62. The van der Waals surface area contributed by atoms with Gasteiger partial charge in [0.1, 0.15) is 0 Å². The number of rotatable bonds is 8. The number of aromatic nitrogens is 3. The minimum Gasteiger partial charge on any atom is -0.353 e. The van der Waals surface area contributed by atoms with Crippen LogP contribution in [0.1, 0.15) is 46.5 Å². The fraction of sp³-hybridized carbons (Fsp3) is 0.632. The summed E-state index contributed by atoms with van der Waals surface area (Å²) in [7, 11) is -3.57.